The van der Waals surface area contributed by atoms with E-state index in [1.54, 1.807) is 0 Å². The molecule has 0 aromatic carbocycles. The van der Waals surface area contributed by atoms with Crippen LogP contribution in [0.1, 0.15) is 10.4 Å². The van der Waals surface area contributed by atoms with Crippen LogP contribution >= 0.6 is 0 Å². The van der Waals surface area contributed by atoms with Gasteiger partial charge in [-0.25, -0.2) is 4.79 Å². The number of primary amides is 1. The van der Waals surface area contributed by atoms with E-state index in [0.29, 0.717) is 0 Å². The summed E-state index contributed by atoms with van der Waals surface area (Å²) < 4.78 is 5.26. The van der Waals surface area contributed by atoms with Crippen LogP contribution in [0.25, 0.3) is 0 Å². The Balaban J connectivity index is 3.06. The van der Waals surface area contributed by atoms with Crippen molar-refractivity contribution in [1.82, 2.24) is 9.78 Å². The summed E-state index contributed by atoms with van der Waals surface area (Å²) in [7, 11) is 1.16. The maximum absolute atomic E-state index is 10.9. The number of nitrogens with two attached hydrogens (primary N) is 1. The van der Waals surface area contributed by atoms with Gasteiger partial charge in [0.25, 0.3) is 5.91 Å². The number of ether oxygens (including phenoxy) is 1. The lowest BCUT2D eigenvalue weighted by molar-refractivity contribution is -0.390. The number of hydrogen-bond acceptors (Lipinski definition) is 6. The van der Waals surface area contributed by atoms with Crippen LogP contribution in [-0.4, -0.2) is 33.7 Å². The summed E-state index contributed by atoms with van der Waals surface area (Å²) in [6.45, 7) is -0.329. The standard InChI is InChI=1S/C7H8N4O5/c1-16-5(12)3-10-2-4(6(8)13)7(9-10)11(14)15/h2H,3H2,1H3,(H2,8,13). The number of nitrogens with zero attached hydrogens (tertiary/aromatic N) is 3. The van der Waals surface area contributed by atoms with Crippen LogP contribution in [0.2, 0.25) is 0 Å². The molecule has 0 fully saturated rings. The third kappa shape index (κ3) is 2.32. The first-order chi connectivity index (χ1) is 7.45. The summed E-state index contributed by atoms with van der Waals surface area (Å²) in [5.41, 5.74) is 4.56. The van der Waals surface area contributed by atoms with Gasteiger partial charge in [-0.1, -0.05) is 0 Å². The predicted molar refractivity (Wildman–Crippen MR) is 49.4 cm³/mol. The fourth-order valence-electron chi connectivity index (χ4n) is 0.998. The van der Waals surface area contributed by atoms with Gasteiger partial charge in [0, 0.05) is 0 Å². The summed E-state index contributed by atoms with van der Waals surface area (Å²) in [5, 5.41) is 13.9. The predicted octanol–water partition coefficient (Wildman–Crippen LogP) is -0.937. The molecule has 0 atom stereocenters. The number of hydrogen-bond donors (Lipinski definition) is 1. The normalized spacial score (nSPS) is 9.81. The number of esters is 1. The van der Waals surface area contributed by atoms with Crippen molar-refractivity contribution >= 4 is 17.7 Å². The zero-order chi connectivity index (χ0) is 12.3. The fourth-order valence-corrected chi connectivity index (χ4v) is 0.998. The Morgan fingerprint density at radius 3 is 2.69 bits per heavy atom. The fraction of sp³-hybridized carbons (Fsp3) is 0.286. The lowest BCUT2D eigenvalue weighted by atomic mass is 10.3. The average molecular weight is 228 g/mol. The van der Waals surface area contributed by atoms with Crippen LogP contribution < -0.4 is 5.73 Å². The highest BCUT2D eigenvalue weighted by Crippen LogP contribution is 2.14. The van der Waals surface area contributed by atoms with Crippen molar-refractivity contribution in [2.24, 2.45) is 5.73 Å². The number of carbonyl (C=O) groups excluding carboxylic acids is 2. The van der Waals surface area contributed by atoms with Crippen LogP contribution in [0.3, 0.4) is 0 Å². The molecule has 0 aliphatic rings. The number of rotatable bonds is 4. The second-order valence-corrected chi connectivity index (χ2v) is 2.76. The van der Waals surface area contributed by atoms with Crippen LogP contribution in [0, 0.1) is 10.1 Å². The molecule has 16 heavy (non-hydrogen) atoms. The lowest BCUT2D eigenvalue weighted by Crippen LogP contribution is -2.13. The van der Waals surface area contributed by atoms with Crippen molar-refractivity contribution in [1.29, 1.82) is 0 Å². The Morgan fingerprint density at radius 1 is 1.69 bits per heavy atom. The molecule has 9 nitrogen and oxygen atoms in total. The number of methoxy groups -OCH3 is 1. The van der Waals surface area contributed by atoms with Gasteiger partial charge in [0.1, 0.15) is 0 Å². The molecule has 1 aromatic rings. The molecular formula is C7H8N4O5. The highest BCUT2D eigenvalue weighted by atomic mass is 16.6. The monoisotopic (exact) mass is 228 g/mol. The van der Waals surface area contributed by atoms with Crippen LogP contribution in [0.5, 0.6) is 0 Å². The summed E-state index contributed by atoms with van der Waals surface area (Å²) in [4.78, 5) is 31.4. The Hall–Kier alpha value is -2.45. The Labute approximate surface area is 88.9 Å². The highest BCUT2D eigenvalue weighted by Gasteiger charge is 2.25. The third-order valence-corrected chi connectivity index (χ3v) is 1.70. The second kappa shape index (κ2) is 4.38. The van der Waals surface area contributed by atoms with Crippen LogP contribution in [-0.2, 0) is 16.1 Å². The molecule has 0 saturated carbocycles. The Kier molecular flexibility index (Phi) is 3.18. The average Bonchev–Trinajstić information content (AvgIpc) is 2.61. The molecular weight excluding hydrogens is 220 g/mol. The van der Waals surface area contributed by atoms with Crippen molar-refractivity contribution in [2.45, 2.75) is 6.54 Å². The van der Waals surface area contributed by atoms with Gasteiger partial charge in [-0.05, 0) is 4.92 Å². The van der Waals surface area contributed by atoms with Gasteiger partial charge in [-0.2, -0.15) is 4.68 Å². The van der Waals surface area contributed by atoms with E-state index in [0.717, 1.165) is 18.0 Å². The summed E-state index contributed by atoms with van der Waals surface area (Å²) in [6, 6.07) is 0. The lowest BCUT2D eigenvalue weighted by Gasteiger charge is -1.93. The van der Waals surface area contributed by atoms with E-state index < -0.39 is 22.6 Å². The van der Waals surface area contributed by atoms with E-state index in [9.17, 15) is 19.7 Å². The molecule has 9 heteroatoms. The van der Waals surface area contributed by atoms with Crippen molar-refractivity contribution in [2.75, 3.05) is 7.11 Å². The zero-order valence-corrected chi connectivity index (χ0v) is 8.24. The molecule has 0 unspecified atom stereocenters. The molecule has 1 aromatic heterocycles. The molecule has 1 rings (SSSR count). The van der Waals surface area contributed by atoms with E-state index >= 15 is 0 Å². The Morgan fingerprint density at radius 2 is 2.31 bits per heavy atom. The zero-order valence-electron chi connectivity index (χ0n) is 8.24. The molecule has 86 valence electrons. The first kappa shape index (κ1) is 11.6. The van der Waals surface area contributed by atoms with Gasteiger partial charge in [-0.15, -0.1) is 0 Å². The van der Waals surface area contributed by atoms with Crippen molar-refractivity contribution in [3.63, 3.8) is 0 Å². The second-order valence-electron chi connectivity index (χ2n) is 2.76. The van der Waals surface area contributed by atoms with Crippen molar-refractivity contribution < 1.29 is 19.2 Å². The van der Waals surface area contributed by atoms with Crippen LogP contribution in [0.15, 0.2) is 6.20 Å². The molecule has 0 spiro atoms. The number of nitro groups is 1. The maximum atomic E-state index is 10.9. The highest BCUT2D eigenvalue weighted by molar-refractivity contribution is 5.96. The van der Waals surface area contributed by atoms with Gasteiger partial charge in [0.05, 0.1) is 18.4 Å². The SMILES string of the molecule is COC(=O)Cn1cc(C(N)=O)c([N+](=O)[O-])n1. The van der Waals surface area contributed by atoms with E-state index in [1.807, 2.05) is 0 Å². The van der Waals surface area contributed by atoms with Crippen molar-refractivity contribution in [3.05, 3.63) is 21.9 Å². The van der Waals surface area contributed by atoms with Gasteiger partial charge in [0.2, 0.25) is 0 Å². The molecule has 0 aliphatic carbocycles. The first-order valence-corrected chi connectivity index (χ1v) is 4.04. The molecule has 2 N–H and O–H groups in total. The molecule has 0 aliphatic heterocycles. The number of amides is 1. The van der Waals surface area contributed by atoms with Gasteiger partial charge >= 0.3 is 11.8 Å². The summed E-state index contributed by atoms with van der Waals surface area (Å²) >= 11 is 0. The number of aromatic nitrogens is 2. The molecule has 1 amide bonds. The van der Waals surface area contributed by atoms with E-state index in [1.165, 1.54) is 0 Å². The van der Waals surface area contributed by atoms with Gasteiger partial charge in [0.15, 0.2) is 12.1 Å². The quantitative estimate of drug-likeness (QED) is 0.402. The summed E-state index contributed by atoms with van der Waals surface area (Å²) in [5.74, 6) is -2.31. The molecule has 0 radical (unpaired) electrons. The number of carbonyl (C=O) groups is 2. The van der Waals surface area contributed by atoms with Crippen LogP contribution in [0.4, 0.5) is 5.82 Å². The largest absolute Gasteiger partial charge is 0.468 e. The topological polar surface area (TPSA) is 130 Å². The maximum Gasteiger partial charge on any atom is 0.402 e. The minimum absolute atomic E-state index is 0.329. The Bertz CT molecular complexity index is 420. The van der Waals surface area contributed by atoms with Gasteiger partial charge < -0.3 is 20.6 Å². The minimum Gasteiger partial charge on any atom is -0.468 e. The molecule has 0 bridgehead atoms. The van der Waals surface area contributed by atoms with E-state index in [-0.39, 0.29) is 12.1 Å². The minimum atomic E-state index is -0.984. The smallest absolute Gasteiger partial charge is 0.402 e. The first-order valence-electron chi connectivity index (χ1n) is 4.04. The van der Waals surface area contributed by atoms with E-state index in [2.05, 4.69) is 9.84 Å². The third-order valence-electron chi connectivity index (χ3n) is 1.70. The van der Waals surface area contributed by atoms with Gasteiger partial charge in [-0.3, -0.25) is 4.79 Å². The summed E-state index contributed by atoms with van der Waals surface area (Å²) in [6.07, 6.45) is 1.03. The van der Waals surface area contributed by atoms with E-state index in [4.69, 9.17) is 5.73 Å². The van der Waals surface area contributed by atoms with Crippen molar-refractivity contribution in [3.8, 4) is 0 Å². The molecule has 0 saturated heterocycles. The molecule has 1 heterocycles.